The molecule has 1 aliphatic rings. The maximum absolute atomic E-state index is 9.55. The van der Waals surface area contributed by atoms with Gasteiger partial charge in [0.1, 0.15) is 0 Å². The Bertz CT molecular complexity index is 467. The monoisotopic (exact) mass is 297 g/mol. The van der Waals surface area contributed by atoms with Crippen molar-refractivity contribution < 1.29 is 19.8 Å². The van der Waals surface area contributed by atoms with Gasteiger partial charge >= 0.3 is 11.9 Å². The second-order valence-electron chi connectivity index (χ2n) is 5.07. The van der Waals surface area contributed by atoms with E-state index >= 15 is 0 Å². The Hall–Kier alpha value is -1.66. The molecule has 110 valence electrons. The molecule has 0 amide bonds. The van der Waals surface area contributed by atoms with E-state index in [2.05, 4.69) is 35.7 Å². The summed E-state index contributed by atoms with van der Waals surface area (Å²) < 4.78 is 0. The highest BCUT2D eigenvalue weighted by atomic mass is 32.1. The van der Waals surface area contributed by atoms with Crippen LogP contribution in [0.4, 0.5) is 0 Å². The van der Waals surface area contributed by atoms with Crippen LogP contribution in [0.3, 0.4) is 0 Å². The van der Waals surface area contributed by atoms with Crippen molar-refractivity contribution >= 4 is 23.3 Å². The van der Waals surface area contributed by atoms with E-state index in [0.29, 0.717) is 17.6 Å². The van der Waals surface area contributed by atoms with E-state index < -0.39 is 11.9 Å². The molecule has 0 spiro atoms. The van der Waals surface area contributed by atoms with Crippen LogP contribution in [0.2, 0.25) is 0 Å². The lowest BCUT2D eigenvalue weighted by Gasteiger charge is -2.22. The Kier molecular flexibility index (Phi) is 5.91. The number of nitrogens with zero attached hydrogens (tertiary/aromatic N) is 1. The molecule has 1 aliphatic heterocycles. The van der Waals surface area contributed by atoms with Crippen molar-refractivity contribution in [3.63, 3.8) is 0 Å². The molecular formula is C14H19NO4S. The largest absolute Gasteiger partial charge is 0.478 e. The summed E-state index contributed by atoms with van der Waals surface area (Å²) in [5.41, 5.74) is 1.95. The zero-order valence-electron chi connectivity index (χ0n) is 11.6. The van der Waals surface area contributed by atoms with Crippen LogP contribution in [0, 0.1) is 0 Å². The lowest BCUT2D eigenvalue weighted by atomic mass is 9.84. The summed E-state index contributed by atoms with van der Waals surface area (Å²) in [4.78, 5) is 21.5. The number of likely N-dealkylation sites (tertiary alicyclic amines) is 1. The van der Waals surface area contributed by atoms with E-state index in [0.717, 1.165) is 0 Å². The number of carbonyl (C=O) groups is 2. The predicted octanol–water partition coefficient (Wildman–Crippen LogP) is 2.05. The van der Waals surface area contributed by atoms with Crippen molar-refractivity contribution in [3.05, 3.63) is 34.5 Å². The quantitative estimate of drug-likeness (QED) is 0.835. The summed E-state index contributed by atoms with van der Waals surface area (Å²) in [6.45, 7) is 4.83. The maximum Gasteiger partial charge on any atom is 0.328 e. The Morgan fingerprint density at radius 2 is 1.95 bits per heavy atom. The van der Waals surface area contributed by atoms with Crippen molar-refractivity contribution in [1.29, 1.82) is 0 Å². The molecule has 2 rings (SSSR count). The SMILES string of the molecule is CN1CCC(C)(c2ccsc2)C1.O=C(O)C=CC(=O)O. The van der Waals surface area contributed by atoms with Gasteiger partial charge < -0.3 is 15.1 Å². The average Bonchev–Trinajstić information content (AvgIpc) is 2.98. The van der Waals surface area contributed by atoms with Crippen molar-refractivity contribution in [2.45, 2.75) is 18.8 Å². The number of likely N-dealkylation sites (N-methyl/N-ethyl adjacent to an activating group) is 1. The van der Waals surface area contributed by atoms with Gasteiger partial charge in [0.25, 0.3) is 0 Å². The van der Waals surface area contributed by atoms with Crippen molar-refractivity contribution in [2.75, 3.05) is 20.1 Å². The third kappa shape index (κ3) is 5.14. The number of hydrogen-bond donors (Lipinski definition) is 2. The van der Waals surface area contributed by atoms with Gasteiger partial charge in [0, 0.05) is 24.1 Å². The van der Waals surface area contributed by atoms with Crippen LogP contribution in [-0.2, 0) is 15.0 Å². The highest BCUT2D eigenvalue weighted by Gasteiger charge is 2.33. The molecule has 5 nitrogen and oxygen atoms in total. The number of rotatable bonds is 3. The molecule has 1 atom stereocenters. The Morgan fingerprint density at radius 3 is 2.30 bits per heavy atom. The molecule has 2 heterocycles. The van der Waals surface area contributed by atoms with E-state index in [-0.39, 0.29) is 0 Å². The van der Waals surface area contributed by atoms with Crippen LogP contribution < -0.4 is 0 Å². The molecule has 1 aromatic rings. The summed E-state index contributed by atoms with van der Waals surface area (Å²) in [5, 5.41) is 20.1. The first-order chi connectivity index (χ1) is 9.33. The molecule has 2 N–H and O–H groups in total. The zero-order chi connectivity index (χ0) is 15.2. The Morgan fingerprint density at radius 1 is 1.35 bits per heavy atom. The third-order valence-electron chi connectivity index (χ3n) is 3.25. The fraction of sp³-hybridized carbons (Fsp3) is 0.429. The lowest BCUT2D eigenvalue weighted by Crippen LogP contribution is -2.25. The minimum absolute atomic E-state index is 0.425. The molecule has 6 heteroatoms. The summed E-state index contributed by atoms with van der Waals surface area (Å²) in [6, 6.07) is 2.27. The van der Waals surface area contributed by atoms with Crippen LogP contribution in [0.5, 0.6) is 0 Å². The minimum Gasteiger partial charge on any atom is -0.478 e. The standard InChI is InChI=1S/C10H15NS.C4H4O4/c1-10(4-5-11(2)8-10)9-3-6-12-7-9;5-3(6)1-2-4(7)8/h3,6-7H,4-5,8H2,1-2H3;1-2H,(H,5,6)(H,7,8). The van der Waals surface area contributed by atoms with Crippen LogP contribution in [-0.4, -0.2) is 47.2 Å². The number of carboxylic acid groups (broad SMARTS) is 2. The molecular weight excluding hydrogens is 278 g/mol. The van der Waals surface area contributed by atoms with Crippen LogP contribution >= 0.6 is 11.3 Å². The van der Waals surface area contributed by atoms with Gasteiger partial charge in [-0.3, -0.25) is 0 Å². The van der Waals surface area contributed by atoms with Gasteiger partial charge in [-0.15, -0.1) is 0 Å². The first-order valence-corrected chi connectivity index (χ1v) is 7.13. The second kappa shape index (κ2) is 7.21. The van der Waals surface area contributed by atoms with Gasteiger partial charge in [-0.2, -0.15) is 11.3 Å². The van der Waals surface area contributed by atoms with Gasteiger partial charge in [0.2, 0.25) is 0 Å². The molecule has 1 saturated heterocycles. The van der Waals surface area contributed by atoms with Crippen molar-refractivity contribution in [3.8, 4) is 0 Å². The highest BCUT2D eigenvalue weighted by Crippen LogP contribution is 2.34. The van der Waals surface area contributed by atoms with Gasteiger partial charge in [-0.1, -0.05) is 6.92 Å². The van der Waals surface area contributed by atoms with Crippen molar-refractivity contribution in [2.24, 2.45) is 0 Å². The first kappa shape index (κ1) is 16.4. The molecule has 0 aromatic carbocycles. The number of carboxylic acids is 2. The average molecular weight is 297 g/mol. The van der Waals surface area contributed by atoms with Crippen LogP contribution in [0.15, 0.2) is 29.0 Å². The molecule has 1 aromatic heterocycles. The molecule has 0 bridgehead atoms. The maximum atomic E-state index is 9.55. The molecule has 0 saturated carbocycles. The molecule has 1 fully saturated rings. The van der Waals surface area contributed by atoms with Gasteiger partial charge in [-0.05, 0) is 42.4 Å². The summed E-state index contributed by atoms with van der Waals surface area (Å²) >= 11 is 1.81. The van der Waals surface area contributed by atoms with E-state index in [1.54, 1.807) is 0 Å². The molecule has 0 aliphatic carbocycles. The van der Waals surface area contributed by atoms with Crippen LogP contribution in [0.25, 0.3) is 0 Å². The predicted molar refractivity (Wildman–Crippen MR) is 78.2 cm³/mol. The first-order valence-electron chi connectivity index (χ1n) is 6.19. The normalized spacial score (nSPS) is 22.5. The number of thiophene rings is 1. The highest BCUT2D eigenvalue weighted by molar-refractivity contribution is 7.08. The van der Waals surface area contributed by atoms with Crippen LogP contribution in [0.1, 0.15) is 18.9 Å². The summed E-state index contributed by atoms with van der Waals surface area (Å²) in [6.07, 6.45) is 2.42. The fourth-order valence-corrected chi connectivity index (χ4v) is 2.99. The smallest absolute Gasteiger partial charge is 0.328 e. The lowest BCUT2D eigenvalue weighted by molar-refractivity contribution is -0.134. The molecule has 20 heavy (non-hydrogen) atoms. The van der Waals surface area contributed by atoms with E-state index in [1.165, 1.54) is 25.1 Å². The Balaban J connectivity index is 0.000000221. The van der Waals surface area contributed by atoms with E-state index in [9.17, 15) is 9.59 Å². The second-order valence-corrected chi connectivity index (χ2v) is 5.85. The Labute approximate surface area is 122 Å². The van der Waals surface area contributed by atoms with Crippen molar-refractivity contribution in [1.82, 2.24) is 4.90 Å². The van der Waals surface area contributed by atoms with E-state index in [4.69, 9.17) is 10.2 Å². The van der Waals surface area contributed by atoms with Gasteiger partial charge in [0.15, 0.2) is 0 Å². The van der Waals surface area contributed by atoms with Gasteiger partial charge in [0.05, 0.1) is 0 Å². The summed E-state index contributed by atoms with van der Waals surface area (Å²) in [7, 11) is 2.21. The molecule has 0 radical (unpaired) electrons. The third-order valence-corrected chi connectivity index (χ3v) is 3.93. The van der Waals surface area contributed by atoms with E-state index in [1.807, 2.05) is 11.3 Å². The topological polar surface area (TPSA) is 77.8 Å². The van der Waals surface area contributed by atoms with Gasteiger partial charge in [-0.25, -0.2) is 9.59 Å². The summed E-state index contributed by atoms with van der Waals surface area (Å²) in [5.74, 6) is -2.51. The zero-order valence-corrected chi connectivity index (χ0v) is 12.4. The number of aliphatic carboxylic acids is 2. The number of hydrogen-bond acceptors (Lipinski definition) is 4. The molecule has 1 unspecified atom stereocenters. The fourth-order valence-electron chi connectivity index (χ4n) is 2.18. The minimum atomic E-state index is -1.26.